The molecule has 0 saturated heterocycles. The Kier molecular flexibility index (Phi) is 47.4. The molecule has 0 spiro atoms. The predicted molar refractivity (Wildman–Crippen MR) is 37.9 cm³/mol. The molecule has 0 amide bonds. The first-order chi connectivity index (χ1) is 3.83. The van der Waals surface area contributed by atoms with E-state index < -0.39 is 0 Å². The molecule has 0 radical (unpaired) electrons. The van der Waals surface area contributed by atoms with E-state index in [0.29, 0.717) is 12.7 Å². The molecular formula is C4H6N4Ni. The van der Waals surface area contributed by atoms with Crippen molar-refractivity contribution in [3.63, 3.8) is 0 Å². The fourth-order valence-electron chi connectivity index (χ4n) is 0. The number of rotatable bonds is 2. The summed E-state index contributed by atoms with van der Waals surface area (Å²) in [6, 6.07) is 0. The van der Waals surface area contributed by atoms with E-state index in [2.05, 4.69) is 23.4 Å². The van der Waals surface area contributed by atoms with Crippen LogP contribution in [0.25, 0.3) is 10.8 Å². The minimum absolute atomic E-state index is 0. The van der Waals surface area contributed by atoms with Crippen molar-refractivity contribution in [3.8, 4) is 0 Å². The van der Waals surface area contributed by atoms with Crippen molar-refractivity contribution in [1.29, 1.82) is 0 Å². The van der Waals surface area contributed by atoms with Crippen LogP contribution in [0.2, 0.25) is 0 Å². The average molecular weight is 169 g/mol. The molecule has 0 heterocycles. The molecule has 0 aromatic rings. The summed E-state index contributed by atoms with van der Waals surface area (Å²) in [6.45, 7) is 5.85. The molecular weight excluding hydrogens is 163 g/mol. The van der Waals surface area contributed by atoms with Gasteiger partial charge in [0.1, 0.15) is 0 Å². The fourth-order valence-corrected chi connectivity index (χ4v) is 0. The zero-order valence-corrected chi connectivity index (χ0v) is 5.66. The van der Waals surface area contributed by atoms with Crippen molar-refractivity contribution in [3.05, 3.63) is 10.8 Å². The van der Waals surface area contributed by atoms with Crippen LogP contribution in [0, 0.1) is 0 Å². The SMILES string of the molecule is C=NC=[N-].C=NC=[N-].[Ni+2]. The van der Waals surface area contributed by atoms with Gasteiger partial charge in [0.05, 0.1) is 0 Å². The molecule has 0 aliphatic carbocycles. The van der Waals surface area contributed by atoms with E-state index in [1.54, 1.807) is 0 Å². The summed E-state index contributed by atoms with van der Waals surface area (Å²) in [4.78, 5) is 5.83. The maximum Gasteiger partial charge on any atom is 2.00 e. The second kappa shape index (κ2) is 27.1. The largest absolute Gasteiger partial charge is 2.00 e. The van der Waals surface area contributed by atoms with Crippen LogP contribution in [0.4, 0.5) is 0 Å². The number of aliphatic imine (C=N–C) groups is 2. The first-order valence-corrected chi connectivity index (χ1v) is 1.67. The predicted octanol–water partition coefficient (Wildman–Crippen LogP) is 0.567. The van der Waals surface area contributed by atoms with Crippen molar-refractivity contribution in [2.75, 3.05) is 0 Å². The summed E-state index contributed by atoms with van der Waals surface area (Å²) in [5.41, 5.74) is 0. The van der Waals surface area contributed by atoms with Crippen LogP contribution in [0.3, 0.4) is 0 Å². The molecule has 52 valence electrons. The molecule has 0 atom stereocenters. The third-order valence-electron chi connectivity index (χ3n) is 0.163. The third-order valence-corrected chi connectivity index (χ3v) is 0.163. The first kappa shape index (κ1) is 15.7. The van der Waals surface area contributed by atoms with Gasteiger partial charge in [-0.15, -0.1) is 26.1 Å². The van der Waals surface area contributed by atoms with E-state index in [1.165, 1.54) is 0 Å². The molecule has 9 heavy (non-hydrogen) atoms. The number of hydrogen-bond acceptors (Lipinski definition) is 0. The zero-order chi connectivity index (χ0) is 6.83. The normalized spacial score (nSPS) is 4.44. The maximum absolute atomic E-state index is 7.52. The van der Waals surface area contributed by atoms with Crippen LogP contribution in [0.15, 0.2) is 9.98 Å². The smallest absolute Gasteiger partial charge is 0.472 e. The molecule has 0 aromatic carbocycles. The molecule has 0 saturated carbocycles. The molecule has 0 bridgehead atoms. The molecule has 0 unspecified atom stereocenters. The Hall–Kier alpha value is -0.826. The second-order valence-corrected chi connectivity index (χ2v) is 0.596. The van der Waals surface area contributed by atoms with Crippen LogP contribution in [-0.2, 0) is 16.5 Å². The molecule has 0 aliphatic heterocycles. The van der Waals surface area contributed by atoms with Crippen molar-refractivity contribution < 1.29 is 16.5 Å². The Bertz CT molecular complexity index is 66.6. The Morgan fingerprint density at radius 1 is 1.00 bits per heavy atom. The summed E-state index contributed by atoms with van der Waals surface area (Å²) < 4.78 is 0. The third kappa shape index (κ3) is 139. The van der Waals surface area contributed by atoms with Gasteiger partial charge in [-0.25, -0.2) is 0 Å². The standard InChI is InChI=1S/2C2H3N2.Ni/c2*1-4-2-3;/h2*2H,1H2;/q2*-1;+2. The zero-order valence-electron chi connectivity index (χ0n) is 4.67. The van der Waals surface area contributed by atoms with Crippen LogP contribution in [0.1, 0.15) is 0 Å². The second-order valence-electron chi connectivity index (χ2n) is 0.596. The van der Waals surface area contributed by atoms with Gasteiger partial charge in [0.25, 0.3) is 0 Å². The number of nitrogens with zero attached hydrogens (tertiary/aromatic N) is 4. The van der Waals surface area contributed by atoms with Gasteiger partial charge in [-0.2, -0.15) is 0 Å². The van der Waals surface area contributed by atoms with E-state index >= 15 is 0 Å². The Morgan fingerprint density at radius 2 is 1.11 bits per heavy atom. The summed E-state index contributed by atoms with van der Waals surface area (Å²) in [7, 11) is 0. The van der Waals surface area contributed by atoms with Crippen molar-refractivity contribution in [1.82, 2.24) is 0 Å². The van der Waals surface area contributed by atoms with Gasteiger partial charge in [-0.1, -0.05) is 0 Å². The van der Waals surface area contributed by atoms with E-state index in [1.807, 2.05) is 0 Å². The maximum atomic E-state index is 7.52. The molecule has 0 rings (SSSR count). The summed E-state index contributed by atoms with van der Waals surface area (Å²) in [5, 5.41) is 15.0. The minimum atomic E-state index is 0. The van der Waals surface area contributed by atoms with E-state index in [0.717, 1.165) is 0 Å². The van der Waals surface area contributed by atoms with Gasteiger partial charge in [0.2, 0.25) is 0 Å². The van der Waals surface area contributed by atoms with Crippen LogP contribution < -0.4 is 0 Å². The van der Waals surface area contributed by atoms with E-state index in [-0.39, 0.29) is 16.5 Å². The van der Waals surface area contributed by atoms with Crippen LogP contribution >= 0.6 is 0 Å². The molecule has 0 N–H and O–H groups in total. The van der Waals surface area contributed by atoms with Crippen LogP contribution in [0.5, 0.6) is 0 Å². The fraction of sp³-hybridized carbons (Fsp3) is 0. The first-order valence-electron chi connectivity index (χ1n) is 1.67. The van der Waals surface area contributed by atoms with Gasteiger partial charge in [-0.3, -0.25) is 0 Å². The number of hydrogen-bond donors (Lipinski definition) is 0. The van der Waals surface area contributed by atoms with Gasteiger partial charge in [0, 0.05) is 0 Å². The van der Waals surface area contributed by atoms with E-state index in [4.69, 9.17) is 10.8 Å². The van der Waals surface area contributed by atoms with Gasteiger partial charge >= 0.3 is 16.5 Å². The Morgan fingerprint density at radius 3 is 1.11 bits per heavy atom. The van der Waals surface area contributed by atoms with E-state index in [9.17, 15) is 0 Å². The monoisotopic (exact) mass is 168 g/mol. The molecule has 0 aliphatic rings. The quantitative estimate of drug-likeness (QED) is 0.329. The molecule has 4 nitrogen and oxygen atoms in total. The van der Waals surface area contributed by atoms with Gasteiger partial charge in [-0.05, 0) is 0 Å². The van der Waals surface area contributed by atoms with Crippen LogP contribution in [-0.4, -0.2) is 26.1 Å². The van der Waals surface area contributed by atoms with Gasteiger partial charge < -0.3 is 20.8 Å². The average Bonchev–Trinajstić information content (AvgIpc) is 1.88. The molecule has 0 aromatic heterocycles. The Balaban J connectivity index is -0.0000000720. The summed E-state index contributed by atoms with van der Waals surface area (Å²) in [6.07, 6.45) is 1.28. The molecule has 0 fully saturated rings. The van der Waals surface area contributed by atoms with Gasteiger partial charge in [0.15, 0.2) is 0 Å². The summed E-state index contributed by atoms with van der Waals surface area (Å²) >= 11 is 0. The summed E-state index contributed by atoms with van der Waals surface area (Å²) in [5.74, 6) is 0. The topological polar surface area (TPSA) is 69.3 Å². The molecule has 5 heteroatoms. The minimum Gasteiger partial charge on any atom is -0.472 e. The van der Waals surface area contributed by atoms with Crippen molar-refractivity contribution >= 4 is 26.1 Å². The van der Waals surface area contributed by atoms with Crippen molar-refractivity contribution in [2.24, 2.45) is 9.98 Å². The van der Waals surface area contributed by atoms with Crippen molar-refractivity contribution in [2.45, 2.75) is 0 Å². The Labute approximate surface area is 64.0 Å².